The van der Waals surface area contributed by atoms with Gasteiger partial charge in [0.25, 0.3) is 11.8 Å². The Labute approximate surface area is 177 Å². The summed E-state index contributed by atoms with van der Waals surface area (Å²) in [6, 6.07) is 19.7. The lowest BCUT2D eigenvalue weighted by atomic mass is 10.1. The van der Waals surface area contributed by atoms with Gasteiger partial charge in [0, 0.05) is 10.6 Å². The molecular formula is C23H16ClFN2O3. The first kappa shape index (κ1) is 19.7. The number of para-hydroxylation sites is 1. The Morgan fingerprint density at radius 3 is 2.57 bits per heavy atom. The molecule has 1 heterocycles. The Hall–Kier alpha value is -3.64. The Bertz CT molecular complexity index is 1150. The Balaban J connectivity index is 1.62. The van der Waals surface area contributed by atoms with Crippen molar-refractivity contribution in [2.75, 3.05) is 5.01 Å². The monoisotopic (exact) mass is 422 g/mol. The first-order chi connectivity index (χ1) is 14.5. The molecule has 1 saturated heterocycles. The molecule has 1 aliphatic rings. The largest absolute Gasteiger partial charge is 0.488 e. The van der Waals surface area contributed by atoms with Gasteiger partial charge in [-0.2, -0.15) is 0 Å². The number of hydrazine groups is 1. The molecule has 0 aromatic heterocycles. The van der Waals surface area contributed by atoms with Gasteiger partial charge in [0.05, 0.1) is 5.69 Å². The van der Waals surface area contributed by atoms with E-state index in [2.05, 4.69) is 5.43 Å². The summed E-state index contributed by atoms with van der Waals surface area (Å²) in [7, 11) is 0. The molecule has 3 aromatic carbocycles. The molecule has 3 aromatic rings. The van der Waals surface area contributed by atoms with Crippen molar-refractivity contribution in [3.63, 3.8) is 0 Å². The maximum absolute atomic E-state index is 13.4. The number of ether oxygens (including phenoxy) is 1. The Morgan fingerprint density at radius 1 is 1.00 bits per heavy atom. The summed E-state index contributed by atoms with van der Waals surface area (Å²) in [5, 5.41) is 1.61. The van der Waals surface area contributed by atoms with Crippen molar-refractivity contribution in [1.82, 2.24) is 5.43 Å². The summed E-state index contributed by atoms with van der Waals surface area (Å²) in [6.07, 6.45) is 1.44. The Morgan fingerprint density at radius 2 is 1.80 bits per heavy atom. The zero-order chi connectivity index (χ0) is 21.1. The number of nitrogens with zero attached hydrogens (tertiary/aromatic N) is 1. The molecule has 5 nitrogen and oxygen atoms in total. The van der Waals surface area contributed by atoms with Crippen molar-refractivity contribution in [3.8, 4) is 5.75 Å². The molecule has 1 fully saturated rings. The number of anilines is 1. The normalized spacial score (nSPS) is 14.9. The smallest absolute Gasteiger partial charge is 0.282 e. The van der Waals surface area contributed by atoms with E-state index >= 15 is 0 Å². The van der Waals surface area contributed by atoms with Crippen LogP contribution in [0.4, 0.5) is 10.1 Å². The topological polar surface area (TPSA) is 58.6 Å². The van der Waals surface area contributed by atoms with E-state index in [-0.39, 0.29) is 18.0 Å². The third kappa shape index (κ3) is 4.18. The van der Waals surface area contributed by atoms with Crippen LogP contribution in [0.5, 0.6) is 5.75 Å². The van der Waals surface area contributed by atoms with Gasteiger partial charge in [-0.25, -0.2) is 9.40 Å². The van der Waals surface area contributed by atoms with Crippen LogP contribution in [-0.2, 0) is 16.2 Å². The first-order valence-electron chi connectivity index (χ1n) is 9.10. The molecule has 30 heavy (non-hydrogen) atoms. The minimum atomic E-state index is -0.528. The number of hydrogen-bond donors (Lipinski definition) is 1. The van der Waals surface area contributed by atoms with E-state index < -0.39 is 11.8 Å². The molecule has 4 rings (SSSR count). The molecular weight excluding hydrogens is 407 g/mol. The van der Waals surface area contributed by atoms with Crippen molar-refractivity contribution < 1.29 is 18.7 Å². The lowest BCUT2D eigenvalue weighted by molar-refractivity contribution is -0.117. The van der Waals surface area contributed by atoms with E-state index in [1.165, 1.54) is 23.2 Å². The summed E-state index contributed by atoms with van der Waals surface area (Å²) < 4.78 is 19.2. The van der Waals surface area contributed by atoms with Gasteiger partial charge in [-0.3, -0.25) is 15.0 Å². The van der Waals surface area contributed by atoms with Crippen LogP contribution in [0, 0.1) is 5.82 Å². The van der Waals surface area contributed by atoms with E-state index in [1.807, 2.05) is 6.07 Å². The average Bonchev–Trinajstić information content (AvgIpc) is 3.02. The van der Waals surface area contributed by atoms with E-state index in [0.29, 0.717) is 27.6 Å². The molecule has 2 amide bonds. The summed E-state index contributed by atoms with van der Waals surface area (Å²) in [4.78, 5) is 25.2. The second kappa shape index (κ2) is 8.39. The lowest BCUT2D eigenvalue weighted by Gasteiger charge is -2.14. The highest BCUT2D eigenvalue weighted by molar-refractivity contribution is 6.32. The summed E-state index contributed by atoms with van der Waals surface area (Å²) in [5.74, 6) is -0.958. The lowest BCUT2D eigenvalue weighted by Crippen LogP contribution is -2.35. The molecule has 7 heteroatoms. The fraction of sp³-hybridized carbons (Fsp3) is 0.0435. The molecule has 0 atom stereocenters. The van der Waals surface area contributed by atoms with E-state index in [4.69, 9.17) is 16.3 Å². The van der Waals surface area contributed by atoms with Crippen LogP contribution < -0.4 is 15.2 Å². The van der Waals surface area contributed by atoms with Crippen LogP contribution in [0.1, 0.15) is 11.1 Å². The summed E-state index contributed by atoms with van der Waals surface area (Å²) in [6.45, 7) is 0.117. The van der Waals surface area contributed by atoms with E-state index in [9.17, 15) is 14.0 Å². The molecule has 0 unspecified atom stereocenters. The zero-order valence-electron chi connectivity index (χ0n) is 15.6. The van der Waals surface area contributed by atoms with Gasteiger partial charge in [0.15, 0.2) is 0 Å². The molecule has 1 N–H and O–H groups in total. The van der Waals surface area contributed by atoms with Crippen LogP contribution in [0.25, 0.3) is 6.08 Å². The second-order valence-corrected chi connectivity index (χ2v) is 7.01. The molecule has 150 valence electrons. The van der Waals surface area contributed by atoms with Gasteiger partial charge < -0.3 is 4.74 Å². The second-order valence-electron chi connectivity index (χ2n) is 6.58. The van der Waals surface area contributed by atoms with Crippen molar-refractivity contribution >= 4 is 35.2 Å². The minimum Gasteiger partial charge on any atom is -0.488 e. The molecule has 1 aliphatic heterocycles. The van der Waals surface area contributed by atoms with Crippen molar-refractivity contribution in [2.45, 2.75) is 6.61 Å². The maximum Gasteiger partial charge on any atom is 0.282 e. The minimum absolute atomic E-state index is 0.0447. The highest BCUT2D eigenvalue weighted by atomic mass is 35.5. The zero-order valence-corrected chi connectivity index (χ0v) is 16.4. The quantitative estimate of drug-likeness (QED) is 0.486. The fourth-order valence-electron chi connectivity index (χ4n) is 3.02. The van der Waals surface area contributed by atoms with E-state index in [1.54, 1.807) is 54.6 Å². The number of rotatable bonds is 5. The Kier molecular flexibility index (Phi) is 5.50. The third-order valence-electron chi connectivity index (χ3n) is 4.46. The molecule has 0 aliphatic carbocycles. The van der Waals surface area contributed by atoms with Crippen LogP contribution in [0.15, 0.2) is 78.4 Å². The van der Waals surface area contributed by atoms with Gasteiger partial charge >= 0.3 is 0 Å². The first-order valence-corrected chi connectivity index (χ1v) is 9.48. The summed E-state index contributed by atoms with van der Waals surface area (Å²) >= 11 is 6.11. The SMILES string of the molecule is O=C1NN(c2ccccc2)C(=O)C1=Cc1cc(Cl)ccc1OCc1cccc(F)c1. The number of amides is 2. The van der Waals surface area contributed by atoms with Crippen LogP contribution in [0.3, 0.4) is 0 Å². The standard InChI is InChI=1S/C23H16ClFN2O3/c24-17-9-10-21(30-14-15-5-4-6-18(25)11-15)16(12-17)13-20-22(28)26-27(23(20)29)19-7-2-1-3-8-19/h1-13H,14H2,(H,26,28). The van der Waals surface area contributed by atoms with Gasteiger partial charge in [0.1, 0.15) is 23.7 Å². The predicted molar refractivity (Wildman–Crippen MR) is 112 cm³/mol. The van der Waals surface area contributed by atoms with Crippen molar-refractivity contribution in [2.24, 2.45) is 0 Å². The fourth-order valence-corrected chi connectivity index (χ4v) is 3.20. The van der Waals surface area contributed by atoms with Crippen LogP contribution in [-0.4, -0.2) is 11.8 Å². The van der Waals surface area contributed by atoms with E-state index in [0.717, 1.165) is 0 Å². The molecule has 0 radical (unpaired) electrons. The van der Waals surface area contributed by atoms with Gasteiger partial charge in [0.2, 0.25) is 0 Å². The molecule has 0 bridgehead atoms. The van der Waals surface area contributed by atoms with Gasteiger partial charge in [-0.15, -0.1) is 0 Å². The number of halogens is 2. The van der Waals surface area contributed by atoms with Crippen LogP contribution in [0.2, 0.25) is 5.02 Å². The number of carbonyl (C=O) groups excluding carboxylic acids is 2. The van der Waals surface area contributed by atoms with Crippen molar-refractivity contribution in [1.29, 1.82) is 0 Å². The van der Waals surface area contributed by atoms with Crippen LogP contribution >= 0.6 is 11.6 Å². The number of carbonyl (C=O) groups is 2. The molecule has 0 saturated carbocycles. The highest BCUT2D eigenvalue weighted by Crippen LogP contribution is 2.28. The summed E-state index contributed by atoms with van der Waals surface area (Å²) in [5.41, 5.74) is 4.17. The number of hydrogen-bond acceptors (Lipinski definition) is 3. The van der Waals surface area contributed by atoms with Crippen molar-refractivity contribution in [3.05, 3.63) is 100 Å². The van der Waals surface area contributed by atoms with Gasteiger partial charge in [-0.05, 0) is 54.1 Å². The third-order valence-corrected chi connectivity index (χ3v) is 4.70. The maximum atomic E-state index is 13.4. The number of benzene rings is 3. The molecule has 0 spiro atoms. The predicted octanol–water partition coefficient (Wildman–Crippen LogP) is 4.52. The number of nitrogens with one attached hydrogen (secondary N) is 1. The highest BCUT2D eigenvalue weighted by Gasteiger charge is 2.34. The average molecular weight is 423 g/mol. The van der Waals surface area contributed by atoms with Gasteiger partial charge in [-0.1, -0.05) is 41.9 Å².